The number of hydrogen-bond donors (Lipinski definition) is 1. The molecule has 2 rings (SSSR count). The fraction of sp³-hybridized carbons (Fsp3) is 0.900. The van der Waals surface area contributed by atoms with E-state index < -0.39 is 24.3 Å². The third-order valence-corrected chi connectivity index (χ3v) is 2.79. The van der Waals surface area contributed by atoms with E-state index in [1.807, 2.05) is 0 Å². The predicted molar refractivity (Wildman–Crippen MR) is 54.4 cm³/mol. The van der Waals surface area contributed by atoms with Gasteiger partial charge < -0.3 is 24.2 Å². The van der Waals surface area contributed by atoms with Crippen LogP contribution >= 0.6 is 0 Å². The van der Waals surface area contributed by atoms with Gasteiger partial charge in [-0.25, -0.2) is 0 Å². The Labute approximate surface area is 94.1 Å². The van der Waals surface area contributed by atoms with Gasteiger partial charge in [-0.05, 0) is 20.8 Å². The first-order valence-corrected chi connectivity index (χ1v) is 5.24. The fourth-order valence-corrected chi connectivity index (χ4v) is 2.12. The van der Waals surface area contributed by atoms with Crippen LogP contribution in [0.1, 0.15) is 20.8 Å². The van der Waals surface area contributed by atoms with E-state index in [-0.39, 0.29) is 6.10 Å². The smallest absolute Gasteiger partial charge is 0.187 e. The fourth-order valence-electron chi connectivity index (χ4n) is 2.12. The molecule has 0 unspecified atom stereocenters. The van der Waals surface area contributed by atoms with Crippen molar-refractivity contribution in [3.05, 3.63) is 0 Å². The highest BCUT2D eigenvalue weighted by molar-refractivity contribution is 5.93. The van der Waals surface area contributed by atoms with Gasteiger partial charge >= 0.3 is 0 Å². The molecule has 0 aromatic rings. The minimum atomic E-state index is -0.727. The quantitative estimate of drug-likeness (QED) is 0.532. The molecule has 0 saturated carbocycles. The van der Waals surface area contributed by atoms with Crippen molar-refractivity contribution in [2.24, 2.45) is 5.16 Å². The van der Waals surface area contributed by atoms with Crippen molar-refractivity contribution in [1.29, 1.82) is 0 Å². The van der Waals surface area contributed by atoms with Gasteiger partial charge in [0.2, 0.25) is 0 Å². The van der Waals surface area contributed by atoms with Crippen molar-refractivity contribution in [2.75, 3.05) is 7.11 Å². The summed E-state index contributed by atoms with van der Waals surface area (Å²) in [7, 11) is 1.55. The summed E-state index contributed by atoms with van der Waals surface area (Å²) in [5, 5.41) is 12.2. The molecule has 0 aromatic heterocycles. The monoisotopic (exact) mass is 231 g/mol. The second kappa shape index (κ2) is 3.96. The van der Waals surface area contributed by atoms with E-state index in [4.69, 9.17) is 24.2 Å². The maximum atomic E-state index is 8.97. The minimum Gasteiger partial charge on any atom is -0.411 e. The van der Waals surface area contributed by atoms with Crippen LogP contribution in [0, 0.1) is 0 Å². The van der Waals surface area contributed by atoms with Crippen LogP contribution < -0.4 is 0 Å². The summed E-state index contributed by atoms with van der Waals surface area (Å²) in [6.07, 6.45) is -1.68. The number of oxime groups is 1. The van der Waals surface area contributed by atoms with Crippen LogP contribution in [-0.4, -0.2) is 48.4 Å². The van der Waals surface area contributed by atoms with E-state index in [1.165, 1.54) is 0 Å². The Morgan fingerprint density at radius 1 is 1.38 bits per heavy atom. The summed E-state index contributed by atoms with van der Waals surface area (Å²) in [4.78, 5) is 0. The summed E-state index contributed by atoms with van der Waals surface area (Å²) in [5.74, 6) is -0.727. The summed E-state index contributed by atoms with van der Waals surface area (Å²) in [6.45, 7) is 5.39. The molecule has 2 aliphatic rings. The van der Waals surface area contributed by atoms with Crippen LogP contribution in [0.4, 0.5) is 0 Å². The van der Waals surface area contributed by atoms with Crippen LogP contribution in [0.3, 0.4) is 0 Å². The van der Waals surface area contributed by atoms with E-state index in [0.29, 0.717) is 5.71 Å². The van der Waals surface area contributed by atoms with Gasteiger partial charge in [0.05, 0.1) is 0 Å². The van der Waals surface area contributed by atoms with Crippen molar-refractivity contribution < 1.29 is 24.2 Å². The van der Waals surface area contributed by atoms with E-state index in [9.17, 15) is 0 Å². The lowest BCUT2D eigenvalue weighted by Gasteiger charge is -2.34. The van der Waals surface area contributed by atoms with Gasteiger partial charge in [0.25, 0.3) is 0 Å². The van der Waals surface area contributed by atoms with E-state index >= 15 is 0 Å². The van der Waals surface area contributed by atoms with Crippen molar-refractivity contribution >= 4 is 5.71 Å². The number of fused-ring (bicyclic) bond motifs is 1. The largest absolute Gasteiger partial charge is 0.411 e. The number of ether oxygens (including phenoxy) is 4. The first-order valence-electron chi connectivity index (χ1n) is 5.24. The zero-order valence-electron chi connectivity index (χ0n) is 9.84. The second-order valence-electron chi connectivity index (χ2n) is 4.43. The van der Waals surface area contributed by atoms with Crippen molar-refractivity contribution in [3.8, 4) is 0 Å². The molecule has 0 amide bonds. The van der Waals surface area contributed by atoms with Crippen LogP contribution in [0.25, 0.3) is 0 Å². The molecule has 4 atom stereocenters. The third-order valence-electron chi connectivity index (χ3n) is 2.79. The van der Waals surface area contributed by atoms with Gasteiger partial charge in [-0.3, -0.25) is 0 Å². The average molecular weight is 231 g/mol. The molecule has 0 spiro atoms. The van der Waals surface area contributed by atoms with Crippen molar-refractivity contribution in [1.82, 2.24) is 0 Å². The zero-order chi connectivity index (χ0) is 11.9. The molecule has 92 valence electrons. The Morgan fingerprint density at radius 3 is 2.62 bits per heavy atom. The van der Waals surface area contributed by atoms with Gasteiger partial charge in [0.15, 0.2) is 12.1 Å². The van der Waals surface area contributed by atoms with Crippen LogP contribution in [-0.2, 0) is 18.9 Å². The molecule has 0 radical (unpaired) electrons. The molecule has 0 bridgehead atoms. The normalized spacial score (nSPS) is 44.6. The zero-order valence-corrected chi connectivity index (χ0v) is 9.84. The Bertz CT molecular complexity index is 304. The highest BCUT2D eigenvalue weighted by Crippen LogP contribution is 2.36. The Balaban J connectivity index is 2.27. The molecular formula is C10H17NO5. The topological polar surface area (TPSA) is 69.5 Å². The van der Waals surface area contributed by atoms with E-state index in [0.717, 1.165) is 0 Å². The van der Waals surface area contributed by atoms with Crippen LogP contribution in [0.2, 0.25) is 0 Å². The standard InChI is InChI=1S/C10H17NO5/c1-5-6(11-12)7-8(9(13-4)14-5)16-10(2,3)15-7/h5,7-9,12H,1-4H3/b11-6+/t5-,7+,8+,9+/m0/s1. The molecule has 2 heterocycles. The molecular weight excluding hydrogens is 214 g/mol. The summed E-state index contributed by atoms with van der Waals surface area (Å²) in [5.41, 5.74) is 0.434. The molecule has 16 heavy (non-hydrogen) atoms. The Morgan fingerprint density at radius 2 is 2.06 bits per heavy atom. The summed E-state index contributed by atoms with van der Waals surface area (Å²) in [6, 6.07) is 0. The lowest BCUT2D eigenvalue weighted by molar-refractivity contribution is -0.220. The maximum Gasteiger partial charge on any atom is 0.187 e. The molecule has 2 saturated heterocycles. The Hall–Kier alpha value is -0.690. The first-order chi connectivity index (χ1) is 7.48. The van der Waals surface area contributed by atoms with Gasteiger partial charge in [-0.2, -0.15) is 0 Å². The highest BCUT2D eigenvalue weighted by atomic mass is 16.8. The molecule has 1 N–H and O–H groups in total. The van der Waals surface area contributed by atoms with Crippen LogP contribution in [0.15, 0.2) is 5.16 Å². The van der Waals surface area contributed by atoms with Gasteiger partial charge in [-0.15, -0.1) is 0 Å². The minimum absolute atomic E-state index is 0.353. The van der Waals surface area contributed by atoms with E-state index in [1.54, 1.807) is 27.9 Å². The van der Waals surface area contributed by atoms with E-state index in [2.05, 4.69) is 5.16 Å². The summed E-state index contributed by atoms with van der Waals surface area (Å²) < 4.78 is 22.1. The Kier molecular flexibility index (Phi) is 2.91. The predicted octanol–water partition coefficient (Wildman–Crippen LogP) is 0.728. The number of rotatable bonds is 1. The van der Waals surface area contributed by atoms with Crippen LogP contribution in [0.5, 0.6) is 0 Å². The van der Waals surface area contributed by atoms with Crippen molar-refractivity contribution in [3.63, 3.8) is 0 Å². The molecule has 2 aliphatic heterocycles. The van der Waals surface area contributed by atoms with Gasteiger partial charge in [0, 0.05) is 7.11 Å². The molecule has 2 fully saturated rings. The van der Waals surface area contributed by atoms with Gasteiger partial charge in [0.1, 0.15) is 24.0 Å². The van der Waals surface area contributed by atoms with Crippen molar-refractivity contribution in [2.45, 2.75) is 51.2 Å². The highest BCUT2D eigenvalue weighted by Gasteiger charge is 2.53. The van der Waals surface area contributed by atoms with Gasteiger partial charge in [-0.1, -0.05) is 5.16 Å². The molecule has 0 aromatic carbocycles. The third kappa shape index (κ3) is 1.82. The molecule has 0 aliphatic carbocycles. The second-order valence-corrected chi connectivity index (χ2v) is 4.43. The summed E-state index contributed by atoms with van der Waals surface area (Å²) >= 11 is 0. The lowest BCUT2D eigenvalue weighted by atomic mass is 10.0. The molecule has 6 heteroatoms. The number of methoxy groups -OCH3 is 1. The SMILES string of the molecule is CO[C@@H]1O[C@@H](C)/C(=N\O)[C@H]2OC(C)(C)O[C@@H]12. The number of hydrogen-bond acceptors (Lipinski definition) is 6. The lowest BCUT2D eigenvalue weighted by Crippen LogP contribution is -2.53. The maximum absolute atomic E-state index is 8.97. The average Bonchev–Trinajstić information content (AvgIpc) is 2.52. The number of nitrogens with zero attached hydrogens (tertiary/aromatic N) is 1. The first kappa shape index (κ1) is 11.8. The molecule has 6 nitrogen and oxygen atoms in total.